The first-order valence-electron chi connectivity index (χ1n) is 5.74. The predicted octanol–water partition coefficient (Wildman–Crippen LogP) is 2.43. The second kappa shape index (κ2) is 5.80. The molecule has 0 atom stereocenters. The van der Waals surface area contributed by atoms with E-state index in [1.54, 1.807) is 0 Å². The van der Waals surface area contributed by atoms with E-state index in [1.165, 1.54) is 10.6 Å². The highest BCUT2D eigenvalue weighted by Gasteiger charge is 2.21. The van der Waals surface area contributed by atoms with Crippen molar-refractivity contribution in [3.8, 4) is 0 Å². The molecule has 5 heteroatoms. The Hall–Kier alpha value is -1.26. The molecule has 1 aromatic heterocycles. The first-order chi connectivity index (χ1) is 9.34. The average Bonchev–Trinajstić information content (AvgIpc) is 2.88. The quantitative estimate of drug-likeness (QED) is 0.518. The maximum absolute atomic E-state index is 5.65. The highest BCUT2D eigenvalue weighted by Crippen LogP contribution is 2.31. The molecule has 0 aliphatic carbocycles. The Morgan fingerprint density at radius 1 is 0.789 bits per heavy atom. The van der Waals surface area contributed by atoms with Crippen molar-refractivity contribution >= 4 is 46.8 Å². The van der Waals surface area contributed by atoms with Gasteiger partial charge in [0.05, 0.1) is 0 Å². The van der Waals surface area contributed by atoms with E-state index in [-0.39, 0.29) is 0 Å². The third-order valence-electron chi connectivity index (χ3n) is 2.61. The molecule has 94 valence electrons. The fourth-order valence-corrected chi connectivity index (χ4v) is 4.30. The van der Waals surface area contributed by atoms with Gasteiger partial charge in [0.15, 0.2) is 0 Å². The lowest BCUT2D eigenvalue weighted by atomic mass is 10.4. The molecule has 0 saturated heterocycles. The summed E-state index contributed by atoms with van der Waals surface area (Å²) < 4.78 is 6.22. The van der Waals surface area contributed by atoms with Crippen molar-refractivity contribution in [2.75, 3.05) is 0 Å². The minimum Gasteiger partial charge on any atom is -0.412 e. The highest BCUT2D eigenvalue weighted by atomic mass is 127. The Labute approximate surface area is 126 Å². The smallest absolute Gasteiger partial charge is 0.278 e. The zero-order valence-electron chi connectivity index (χ0n) is 9.90. The van der Waals surface area contributed by atoms with Crippen LogP contribution < -0.4 is 16.2 Å². The van der Waals surface area contributed by atoms with Gasteiger partial charge in [0.1, 0.15) is 0 Å². The number of aromatic nitrogens is 2. The molecule has 0 N–H and O–H groups in total. The minimum absolute atomic E-state index is 0.576. The van der Waals surface area contributed by atoms with Gasteiger partial charge < -0.3 is 4.42 Å². The van der Waals surface area contributed by atoms with Gasteiger partial charge in [-0.3, -0.25) is 0 Å². The lowest BCUT2D eigenvalue weighted by molar-refractivity contribution is 0.555. The van der Waals surface area contributed by atoms with Crippen LogP contribution in [0.15, 0.2) is 65.1 Å². The van der Waals surface area contributed by atoms with Gasteiger partial charge in [-0.2, -0.15) is 0 Å². The molecule has 0 aliphatic heterocycles. The fourth-order valence-electron chi connectivity index (χ4n) is 1.81. The normalized spacial score (nSPS) is 10.8. The SMILES string of the molecule is Ic1nnc(P(c2ccccc2)c2ccccc2)o1. The van der Waals surface area contributed by atoms with Crippen LogP contribution in [0.1, 0.15) is 0 Å². The summed E-state index contributed by atoms with van der Waals surface area (Å²) in [4.78, 5) is 0. The third kappa shape index (κ3) is 2.85. The van der Waals surface area contributed by atoms with E-state index in [4.69, 9.17) is 4.42 Å². The van der Waals surface area contributed by atoms with E-state index >= 15 is 0 Å². The van der Waals surface area contributed by atoms with E-state index in [1.807, 2.05) is 59.0 Å². The molecular weight excluding hydrogens is 370 g/mol. The van der Waals surface area contributed by atoms with E-state index in [2.05, 4.69) is 34.5 Å². The first kappa shape index (κ1) is 12.8. The molecule has 0 radical (unpaired) electrons. The molecule has 3 nitrogen and oxygen atoms in total. The van der Waals surface area contributed by atoms with Crippen LogP contribution in [-0.2, 0) is 0 Å². The van der Waals surface area contributed by atoms with Crippen LogP contribution >= 0.6 is 30.5 Å². The van der Waals surface area contributed by atoms with Crippen LogP contribution in [0, 0.1) is 3.90 Å². The van der Waals surface area contributed by atoms with Crippen LogP contribution in [0.4, 0.5) is 0 Å². The van der Waals surface area contributed by atoms with E-state index in [9.17, 15) is 0 Å². The van der Waals surface area contributed by atoms with Crippen LogP contribution in [0.2, 0.25) is 0 Å². The van der Waals surface area contributed by atoms with Gasteiger partial charge >= 0.3 is 0 Å². The molecule has 0 unspecified atom stereocenters. The Morgan fingerprint density at radius 3 is 1.74 bits per heavy atom. The summed E-state index contributed by atoms with van der Waals surface area (Å²) in [5, 5.41) is 10.6. The summed E-state index contributed by atoms with van der Waals surface area (Å²) in [6, 6.07) is 20.6. The van der Waals surface area contributed by atoms with Crippen molar-refractivity contribution in [3.63, 3.8) is 0 Å². The Kier molecular flexibility index (Phi) is 3.89. The molecule has 0 saturated carbocycles. The van der Waals surface area contributed by atoms with Gasteiger partial charge in [0.2, 0.25) is 5.63 Å². The second-order valence-electron chi connectivity index (χ2n) is 3.84. The van der Waals surface area contributed by atoms with Gasteiger partial charge in [-0.25, -0.2) is 0 Å². The van der Waals surface area contributed by atoms with Crippen LogP contribution in [0.5, 0.6) is 0 Å². The molecule has 0 amide bonds. The van der Waals surface area contributed by atoms with E-state index < -0.39 is 7.92 Å². The number of hydrogen-bond acceptors (Lipinski definition) is 3. The van der Waals surface area contributed by atoms with Crippen molar-refractivity contribution in [2.45, 2.75) is 0 Å². The van der Waals surface area contributed by atoms with Gasteiger partial charge in [-0.1, -0.05) is 60.7 Å². The van der Waals surface area contributed by atoms with Crippen LogP contribution in [-0.4, -0.2) is 10.2 Å². The number of halogens is 1. The minimum atomic E-state index is -0.770. The van der Waals surface area contributed by atoms with E-state index in [0.29, 0.717) is 9.53 Å². The van der Waals surface area contributed by atoms with Crippen molar-refractivity contribution < 1.29 is 4.42 Å². The summed E-state index contributed by atoms with van der Waals surface area (Å²) in [5.41, 5.74) is 0.691. The molecule has 0 spiro atoms. The lowest BCUT2D eigenvalue weighted by Crippen LogP contribution is -2.21. The largest absolute Gasteiger partial charge is 0.412 e. The number of benzene rings is 2. The molecule has 1 heterocycles. The highest BCUT2D eigenvalue weighted by molar-refractivity contribution is 14.1. The number of nitrogens with zero attached hydrogens (tertiary/aromatic N) is 2. The number of rotatable bonds is 3. The Bertz CT molecular complexity index is 618. The summed E-state index contributed by atoms with van der Waals surface area (Å²) in [6.07, 6.45) is 0. The average molecular weight is 380 g/mol. The van der Waals surface area contributed by atoms with E-state index in [0.717, 1.165) is 0 Å². The topological polar surface area (TPSA) is 38.9 Å². The zero-order valence-corrected chi connectivity index (χ0v) is 13.0. The monoisotopic (exact) mass is 380 g/mol. The summed E-state index contributed by atoms with van der Waals surface area (Å²) >= 11 is 2.04. The van der Waals surface area contributed by atoms with Crippen molar-refractivity contribution in [2.24, 2.45) is 0 Å². The van der Waals surface area contributed by atoms with Crippen molar-refractivity contribution in [1.29, 1.82) is 0 Å². The molecule has 19 heavy (non-hydrogen) atoms. The van der Waals surface area contributed by atoms with Crippen LogP contribution in [0.25, 0.3) is 0 Å². The summed E-state index contributed by atoms with van der Waals surface area (Å²) in [7, 11) is -0.770. The number of hydrogen-bond donors (Lipinski definition) is 0. The molecule has 3 aromatic rings. The molecule has 0 fully saturated rings. The van der Waals surface area contributed by atoms with Gasteiger partial charge in [-0.15, -0.1) is 10.2 Å². The predicted molar refractivity (Wildman–Crippen MR) is 85.7 cm³/mol. The van der Waals surface area contributed by atoms with Gasteiger partial charge in [-0.05, 0) is 10.6 Å². The van der Waals surface area contributed by atoms with Gasteiger partial charge in [0.25, 0.3) is 3.90 Å². The Morgan fingerprint density at radius 2 is 1.32 bits per heavy atom. The Balaban J connectivity index is 2.11. The third-order valence-corrected chi connectivity index (χ3v) is 5.24. The second-order valence-corrected chi connectivity index (χ2v) is 6.85. The zero-order chi connectivity index (χ0) is 13.1. The molecule has 0 bridgehead atoms. The van der Waals surface area contributed by atoms with Gasteiger partial charge in [0, 0.05) is 30.5 Å². The maximum Gasteiger partial charge on any atom is 0.278 e. The summed E-state index contributed by atoms with van der Waals surface area (Å²) in [5.74, 6) is 0. The lowest BCUT2D eigenvalue weighted by Gasteiger charge is -2.13. The molecule has 3 rings (SSSR count). The standard InChI is InChI=1S/C14H10IN2OP/c15-13-16-17-14(18-13)19(11-7-3-1-4-8-11)12-9-5-2-6-10-12/h1-10H. The fraction of sp³-hybridized carbons (Fsp3) is 0. The van der Waals surface area contributed by atoms with Crippen LogP contribution in [0.3, 0.4) is 0 Å². The molecular formula is C14H10IN2OP. The maximum atomic E-state index is 5.65. The molecule has 2 aromatic carbocycles. The first-order valence-corrected chi connectivity index (χ1v) is 8.16. The molecule has 0 aliphatic rings. The summed E-state index contributed by atoms with van der Waals surface area (Å²) in [6.45, 7) is 0. The van der Waals surface area contributed by atoms with Crippen molar-refractivity contribution in [3.05, 3.63) is 64.6 Å². The van der Waals surface area contributed by atoms with Crippen molar-refractivity contribution in [1.82, 2.24) is 10.2 Å².